The molecular weight excluding hydrogens is 181 g/mol. The number of nitrogens with zero attached hydrogens (tertiary/aromatic N) is 1. The number of aromatic amines is 1. The topological polar surface area (TPSA) is 54.7 Å². The average molecular weight is 191 g/mol. The van der Waals surface area contributed by atoms with Gasteiger partial charge in [0.15, 0.2) is 0 Å². The number of aromatic nitrogens is 2. The zero-order valence-electron chi connectivity index (χ0n) is 7.50. The predicted molar refractivity (Wildman–Crippen MR) is 52.2 cm³/mol. The van der Waals surface area contributed by atoms with Crippen molar-refractivity contribution in [2.45, 2.75) is 6.42 Å². The standard InChI is InChI=1S/C10H10FN3/c11-9-4-2-1-3-7(9)5-8-6-13-14-10(8)12/h1-4,6H,5H2,(H3,12,13,14). The molecule has 2 rings (SSSR count). The summed E-state index contributed by atoms with van der Waals surface area (Å²) >= 11 is 0. The van der Waals surface area contributed by atoms with Crippen LogP contribution < -0.4 is 5.73 Å². The van der Waals surface area contributed by atoms with Crippen molar-refractivity contribution in [3.8, 4) is 0 Å². The maximum atomic E-state index is 13.2. The quantitative estimate of drug-likeness (QED) is 0.759. The van der Waals surface area contributed by atoms with Crippen molar-refractivity contribution in [3.05, 3.63) is 47.4 Å². The maximum Gasteiger partial charge on any atom is 0.126 e. The van der Waals surface area contributed by atoms with Gasteiger partial charge in [0, 0.05) is 12.0 Å². The molecule has 1 aromatic heterocycles. The molecule has 0 radical (unpaired) electrons. The van der Waals surface area contributed by atoms with Crippen LogP contribution in [0.15, 0.2) is 30.5 Å². The SMILES string of the molecule is Nc1[nH]ncc1Cc1ccccc1F. The fraction of sp³-hybridized carbons (Fsp3) is 0.100. The van der Waals surface area contributed by atoms with Gasteiger partial charge in [-0.1, -0.05) is 18.2 Å². The predicted octanol–water partition coefficient (Wildman–Crippen LogP) is 1.72. The average Bonchev–Trinajstić information content (AvgIpc) is 2.56. The summed E-state index contributed by atoms with van der Waals surface area (Å²) in [5, 5.41) is 6.39. The molecule has 1 heterocycles. The molecule has 2 aromatic rings. The van der Waals surface area contributed by atoms with Gasteiger partial charge in [-0.3, -0.25) is 5.10 Å². The van der Waals surface area contributed by atoms with Gasteiger partial charge in [0.25, 0.3) is 0 Å². The Morgan fingerprint density at radius 3 is 2.71 bits per heavy atom. The Morgan fingerprint density at radius 2 is 2.07 bits per heavy atom. The number of hydrogen-bond acceptors (Lipinski definition) is 2. The van der Waals surface area contributed by atoms with Crippen LogP contribution in [0.25, 0.3) is 0 Å². The molecule has 4 heteroatoms. The van der Waals surface area contributed by atoms with E-state index in [0.717, 1.165) is 5.56 Å². The van der Waals surface area contributed by atoms with Gasteiger partial charge in [-0.2, -0.15) is 5.10 Å². The van der Waals surface area contributed by atoms with E-state index in [0.29, 0.717) is 17.8 Å². The van der Waals surface area contributed by atoms with Crippen LogP contribution in [0.4, 0.5) is 10.2 Å². The molecule has 0 amide bonds. The number of nitrogens with two attached hydrogens (primary N) is 1. The van der Waals surface area contributed by atoms with Gasteiger partial charge in [-0.25, -0.2) is 4.39 Å². The van der Waals surface area contributed by atoms with E-state index in [1.165, 1.54) is 6.07 Å². The van der Waals surface area contributed by atoms with Gasteiger partial charge in [-0.15, -0.1) is 0 Å². The highest BCUT2D eigenvalue weighted by atomic mass is 19.1. The molecule has 72 valence electrons. The summed E-state index contributed by atoms with van der Waals surface area (Å²) in [7, 11) is 0. The lowest BCUT2D eigenvalue weighted by Gasteiger charge is -2.00. The first-order valence-electron chi connectivity index (χ1n) is 4.28. The number of H-pyrrole nitrogens is 1. The lowest BCUT2D eigenvalue weighted by molar-refractivity contribution is 0.614. The third-order valence-corrected chi connectivity index (χ3v) is 2.09. The Balaban J connectivity index is 2.28. The number of nitrogen functional groups attached to an aromatic ring is 1. The Bertz CT molecular complexity index is 436. The van der Waals surface area contributed by atoms with E-state index >= 15 is 0 Å². The van der Waals surface area contributed by atoms with Crippen molar-refractivity contribution >= 4 is 5.82 Å². The molecule has 0 aliphatic heterocycles. The number of halogens is 1. The monoisotopic (exact) mass is 191 g/mol. The van der Waals surface area contributed by atoms with E-state index in [1.807, 2.05) is 0 Å². The molecule has 0 saturated carbocycles. The van der Waals surface area contributed by atoms with Crippen molar-refractivity contribution in [2.75, 3.05) is 5.73 Å². The summed E-state index contributed by atoms with van der Waals surface area (Å²) in [6.45, 7) is 0. The Morgan fingerprint density at radius 1 is 1.29 bits per heavy atom. The van der Waals surface area contributed by atoms with E-state index in [2.05, 4.69) is 10.2 Å². The van der Waals surface area contributed by atoms with Crippen molar-refractivity contribution in [1.82, 2.24) is 10.2 Å². The molecule has 0 spiro atoms. The molecule has 0 aliphatic rings. The number of hydrogen-bond donors (Lipinski definition) is 2. The first-order chi connectivity index (χ1) is 6.77. The molecule has 1 aromatic carbocycles. The minimum atomic E-state index is -0.215. The van der Waals surface area contributed by atoms with Crippen molar-refractivity contribution in [3.63, 3.8) is 0 Å². The molecule has 0 atom stereocenters. The second-order valence-electron chi connectivity index (χ2n) is 3.08. The third-order valence-electron chi connectivity index (χ3n) is 2.09. The fourth-order valence-electron chi connectivity index (χ4n) is 1.31. The molecule has 0 unspecified atom stereocenters. The minimum absolute atomic E-state index is 0.215. The Hall–Kier alpha value is -1.84. The number of benzene rings is 1. The van der Waals surface area contributed by atoms with E-state index < -0.39 is 0 Å². The van der Waals surface area contributed by atoms with Crippen LogP contribution in [0, 0.1) is 5.82 Å². The minimum Gasteiger partial charge on any atom is -0.384 e. The Kier molecular flexibility index (Phi) is 2.18. The highest BCUT2D eigenvalue weighted by Crippen LogP contribution is 2.15. The smallest absolute Gasteiger partial charge is 0.126 e. The number of rotatable bonds is 2. The van der Waals surface area contributed by atoms with Gasteiger partial charge in [-0.05, 0) is 11.6 Å². The van der Waals surface area contributed by atoms with Crippen molar-refractivity contribution in [2.24, 2.45) is 0 Å². The van der Waals surface area contributed by atoms with Gasteiger partial charge < -0.3 is 5.73 Å². The van der Waals surface area contributed by atoms with Crippen LogP contribution in [0.1, 0.15) is 11.1 Å². The van der Waals surface area contributed by atoms with Gasteiger partial charge in [0.2, 0.25) is 0 Å². The molecule has 3 N–H and O–H groups in total. The fourth-order valence-corrected chi connectivity index (χ4v) is 1.31. The summed E-state index contributed by atoms with van der Waals surface area (Å²) in [6, 6.07) is 6.64. The van der Waals surface area contributed by atoms with Gasteiger partial charge >= 0.3 is 0 Å². The van der Waals surface area contributed by atoms with Crippen LogP contribution in [0.5, 0.6) is 0 Å². The summed E-state index contributed by atoms with van der Waals surface area (Å²) in [4.78, 5) is 0. The van der Waals surface area contributed by atoms with Crippen LogP contribution in [-0.2, 0) is 6.42 Å². The third kappa shape index (κ3) is 1.59. The second-order valence-corrected chi connectivity index (χ2v) is 3.08. The molecule has 0 bridgehead atoms. The molecule has 3 nitrogen and oxygen atoms in total. The first kappa shape index (κ1) is 8.74. The molecule has 0 fully saturated rings. The van der Waals surface area contributed by atoms with Crippen LogP contribution >= 0.6 is 0 Å². The zero-order valence-corrected chi connectivity index (χ0v) is 7.50. The first-order valence-corrected chi connectivity index (χ1v) is 4.28. The lowest BCUT2D eigenvalue weighted by Crippen LogP contribution is -1.95. The highest BCUT2D eigenvalue weighted by Gasteiger charge is 2.05. The molecule has 0 saturated heterocycles. The number of anilines is 1. The highest BCUT2D eigenvalue weighted by molar-refractivity contribution is 5.40. The maximum absolute atomic E-state index is 13.2. The summed E-state index contributed by atoms with van der Waals surface area (Å²) in [6.07, 6.45) is 2.08. The normalized spacial score (nSPS) is 10.4. The molecule has 0 aliphatic carbocycles. The van der Waals surface area contributed by atoms with Gasteiger partial charge in [0.05, 0.1) is 6.20 Å². The summed E-state index contributed by atoms with van der Waals surface area (Å²) < 4.78 is 13.2. The second kappa shape index (κ2) is 3.49. The number of nitrogens with one attached hydrogen (secondary N) is 1. The lowest BCUT2D eigenvalue weighted by atomic mass is 10.1. The summed E-state index contributed by atoms with van der Waals surface area (Å²) in [5.74, 6) is 0.279. The van der Waals surface area contributed by atoms with Gasteiger partial charge in [0.1, 0.15) is 11.6 Å². The van der Waals surface area contributed by atoms with E-state index in [-0.39, 0.29) is 5.82 Å². The van der Waals surface area contributed by atoms with Crippen molar-refractivity contribution in [1.29, 1.82) is 0 Å². The van der Waals surface area contributed by atoms with E-state index in [1.54, 1.807) is 24.4 Å². The zero-order chi connectivity index (χ0) is 9.97. The largest absolute Gasteiger partial charge is 0.384 e. The van der Waals surface area contributed by atoms with Crippen LogP contribution in [0.2, 0.25) is 0 Å². The van der Waals surface area contributed by atoms with Crippen molar-refractivity contribution < 1.29 is 4.39 Å². The van der Waals surface area contributed by atoms with E-state index in [4.69, 9.17) is 5.73 Å². The summed E-state index contributed by atoms with van der Waals surface area (Å²) in [5.41, 5.74) is 7.04. The molecule has 14 heavy (non-hydrogen) atoms. The Labute approximate surface area is 80.8 Å². The van der Waals surface area contributed by atoms with E-state index in [9.17, 15) is 4.39 Å². The van der Waals surface area contributed by atoms with Crippen LogP contribution in [-0.4, -0.2) is 10.2 Å². The molecular formula is C10H10FN3. The van der Waals surface area contributed by atoms with Crippen LogP contribution in [0.3, 0.4) is 0 Å².